The van der Waals surface area contributed by atoms with Crippen LogP contribution in [-0.4, -0.2) is 23.2 Å². The van der Waals surface area contributed by atoms with Gasteiger partial charge >= 0.3 is 0 Å². The smallest absolute Gasteiger partial charge is 0.168 e. The van der Waals surface area contributed by atoms with Crippen molar-refractivity contribution < 1.29 is 0 Å². The highest BCUT2D eigenvalue weighted by atomic mass is 35.5. The van der Waals surface area contributed by atoms with Gasteiger partial charge in [-0.1, -0.05) is 37.2 Å². The van der Waals surface area contributed by atoms with Crippen molar-refractivity contribution in [1.29, 1.82) is 0 Å². The van der Waals surface area contributed by atoms with Crippen LogP contribution in [0.2, 0.25) is 5.02 Å². The molecule has 1 aromatic heterocycles. The second kappa shape index (κ2) is 5.04. The first-order valence-corrected chi connectivity index (χ1v) is 9.08. The number of halogens is 1. The molecular formula is C16H15ClN2S2. The highest BCUT2D eigenvalue weighted by Crippen LogP contribution is 2.47. The van der Waals surface area contributed by atoms with Crippen molar-refractivity contribution in [3.05, 3.63) is 39.1 Å². The lowest BCUT2D eigenvalue weighted by Crippen LogP contribution is -2.19. The summed E-state index contributed by atoms with van der Waals surface area (Å²) < 4.78 is 1.29. The summed E-state index contributed by atoms with van der Waals surface area (Å²) in [5, 5.41) is 3.20. The third kappa shape index (κ3) is 2.20. The van der Waals surface area contributed by atoms with Gasteiger partial charge in [0.25, 0.3) is 0 Å². The molecule has 5 heteroatoms. The normalized spacial score (nSPS) is 18.1. The van der Waals surface area contributed by atoms with Gasteiger partial charge in [0.15, 0.2) is 5.17 Å². The standard InChI is InChI=1S/C16H15ClN2S2/c1-9(2)15-14(19-6-5-18-16(19)21-15)13-8-10-7-11(17)3-4-12(10)20-13/h3-4,7-9H,5-6H2,1-2H3. The number of aliphatic imine (C=N–C) groups is 1. The predicted octanol–water partition coefficient (Wildman–Crippen LogP) is 5.30. The lowest BCUT2D eigenvalue weighted by atomic mass is 10.1. The number of amidine groups is 1. The molecule has 0 saturated heterocycles. The summed E-state index contributed by atoms with van der Waals surface area (Å²) in [4.78, 5) is 9.77. The number of fused-ring (bicyclic) bond motifs is 2. The van der Waals surface area contributed by atoms with E-state index in [1.54, 1.807) is 0 Å². The maximum Gasteiger partial charge on any atom is 0.168 e. The van der Waals surface area contributed by atoms with Gasteiger partial charge in [-0.2, -0.15) is 0 Å². The Kier molecular flexibility index (Phi) is 3.28. The molecular weight excluding hydrogens is 320 g/mol. The molecule has 108 valence electrons. The fourth-order valence-corrected chi connectivity index (χ4v) is 5.33. The second-order valence-electron chi connectivity index (χ2n) is 5.58. The molecule has 0 atom stereocenters. The van der Waals surface area contributed by atoms with Crippen LogP contribution in [0.3, 0.4) is 0 Å². The van der Waals surface area contributed by atoms with E-state index in [2.05, 4.69) is 35.9 Å². The van der Waals surface area contributed by atoms with Gasteiger partial charge in [-0.3, -0.25) is 4.99 Å². The van der Waals surface area contributed by atoms with Crippen LogP contribution in [0.5, 0.6) is 0 Å². The molecule has 2 aliphatic heterocycles. The van der Waals surface area contributed by atoms with E-state index in [4.69, 9.17) is 11.6 Å². The monoisotopic (exact) mass is 334 g/mol. The van der Waals surface area contributed by atoms with E-state index in [1.807, 2.05) is 35.2 Å². The number of thioether (sulfide) groups is 1. The molecule has 0 bridgehead atoms. The number of nitrogens with zero attached hydrogens (tertiary/aromatic N) is 2. The number of rotatable bonds is 2. The molecule has 0 radical (unpaired) electrons. The highest BCUT2D eigenvalue weighted by Gasteiger charge is 2.34. The van der Waals surface area contributed by atoms with Gasteiger partial charge in [0.2, 0.25) is 0 Å². The Hall–Kier alpha value is -0.970. The fraction of sp³-hybridized carbons (Fsp3) is 0.312. The Labute approximate surface area is 137 Å². The largest absolute Gasteiger partial charge is 0.317 e. The van der Waals surface area contributed by atoms with Crippen LogP contribution < -0.4 is 0 Å². The number of hydrogen-bond acceptors (Lipinski definition) is 4. The van der Waals surface area contributed by atoms with Crippen LogP contribution in [0.4, 0.5) is 0 Å². The zero-order chi connectivity index (χ0) is 14.6. The second-order valence-corrected chi connectivity index (χ2v) is 8.11. The average Bonchev–Trinajstić information content (AvgIpc) is 3.09. The molecule has 2 aliphatic rings. The lowest BCUT2D eigenvalue weighted by molar-refractivity contribution is 0.642. The zero-order valence-electron chi connectivity index (χ0n) is 11.9. The first-order valence-electron chi connectivity index (χ1n) is 7.07. The van der Waals surface area contributed by atoms with E-state index < -0.39 is 0 Å². The van der Waals surface area contributed by atoms with Crippen molar-refractivity contribution >= 4 is 55.7 Å². The summed E-state index contributed by atoms with van der Waals surface area (Å²) in [6.07, 6.45) is 0. The van der Waals surface area contributed by atoms with Crippen LogP contribution >= 0.6 is 34.7 Å². The summed E-state index contributed by atoms with van der Waals surface area (Å²) in [7, 11) is 0. The van der Waals surface area contributed by atoms with Crippen molar-refractivity contribution in [2.45, 2.75) is 13.8 Å². The molecule has 2 nitrogen and oxygen atoms in total. The van der Waals surface area contributed by atoms with Gasteiger partial charge in [-0.05, 0) is 35.6 Å². The van der Waals surface area contributed by atoms with Crippen molar-refractivity contribution in [2.24, 2.45) is 10.9 Å². The SMILES string of the molecule is CC(C)C1=C(c2cc3cc(Cl)ccc3s2)N2CCN=C2S1. The first-order chi connectivity index (χ1) is 10.1. The van der Waals surface area contributed by atoms with Gasteiger partial charge in [0.1, 0.15) is 0 Å². The van der Waals surface area contributed by atoms with Crippen molar-refractivity contribution in [2.75, 3.05) is 13.1 Å². The Morgan fingerprint density at radius 3 is 2.95 bits per heavy atom. The molecule has 0 fully saturated rings. The molecule has 0 amide bonds. The van der Waals surface area contributed by atoms with E-state index in [1.165, 1.54) is 30.7 Å². The van der Waals surface area contributed by atoms with Crippen molar-refractivity contribution in [1.82, 2.24) is 4.90 Å². The van der Waals surface area contributed by atoms with Crippen LogP contribution in [-0.2, 0) is 0 Å². The van der Waals surface area contributed by atoms with Crippen molar-refractivity contribution in [3.63, 3.8) is 0 Å². The van der Waals surface area contributed by atoms with Crippen LogP contribution in [0, 0.1) is 5.92 Å². The molecule has 0 saturated carbocycles. The fourth-order valence-electron chi connectivity index (χ4n) is 2.78. The summed E-state index contributed by atoms with van der Waals surface area (Å²) in [6.45, 7) is 6.43. The molecule has 0 N–H and O–H groups in total. The van der Waals surface area contributed by atoms with Crippen LogP contribution in [0.25, 0.3) is 15.8 Å². The Bertz CT molecular complexity index is 789. The molecule has 0 spiro atoms. The molecule has 1 aromatic carbocycles. The molecule has 3 heterocycles. The van der Waals surface area contributed by atoms with E-state index in [0.717, 1.165) is 18.1 Å². The van der Waals surface area contributed by atoms with Crippen molar-refractivity contribution in [3.8, 4) is 0 Å². The first kappa shape index (κ1) is 13.7. The summed E-state index contributed by atoms with van der Waals surface area (Å²) >= 11 is 9.80. The van der Waals surface area contributed by atoms with Gasteiger partial charge in [0.05, 0.1) is 17.1 Å². The summed E-state index contributed by atoms with van der Waals surface area (Å²) in [5.41, 5.74) is 1.36. The predicted molar refractivity (Wildman–Crippen MR) is 95.2 cm³/mol. The molecule has 2 aromatic rings. The van der Waals surface area contributed by atoms with E-state index in [0.29, 0.717) is 5.92 Å². The van der Waals surface area contributed by atoms with E-state index in [-0.39, 0.29) is 0 Å². The summed E-state index contributed by atoms with van der Waals surface area (Å²) in [6, 6.07) is 8.40. The Morgan fingerprint density at radius 1 is 1.29 bits per heavy atom. The molecule has 0 aliphatic carbocycles. The quantitative estimate of drug-likeness (QED) is 0.740. The topological polar surface area (TPSA) is 15.6 Å². The van der Waals surface area contributed by atoms with E-state index >= 15 is 0 Å². The Morgan fingerprint density at radius 2 is 2.14 bits per heavy atom. The summed E-state index contributed by atoms with van der Waals surface area (Å²) in [5.74, 6) is 0.520. The maximum absolute atomic E-state index is 6.11. The number of hydrogen-bond donors (Lipinski definition) is 0. The van der Waals surface area contributed by atoms with Crippen LogP contribution in [0.1, 0.15) is 18.7 Å². The highest BCUT2D eigenvalue weighted by molar-refractivity contribution is 8.17. The van der Waals surface area contributed by atoms with Crippen LogP contribution in [0.15, 0.2) is 34.2 Å². The number of allylic oxidation sites excluding steroid dienone is 1. The average molecular weight is 335 g/mol. The zero-order valence-corrected chi connectivity index (χ0v) is 14.3. The van der Waals surface area contributed by atoms with Gasteiger partial charge in [-0.15, -0.1) is 11.3 Å². The van der Waals surface area contributed by atoms with Gasteiger partial charge in [0, 0.05) is 21.2 Å². The number of thiophene rings is 1. The molecule has 0 unspecified atom stereocenters. The van der Waals surface area contributed by atoms with E-state index in [9.17, 15) is 0 Å². The van der Waals surface area contributed by atoms with Gasteiger partial charge in [-0.25, -0.2) is 0 Å². The minimum Gasteiger partial charge on any atom is -0.317 e. The minimum absolute atomic E-state index is 0.520. The maximum atomic E-state index is 6.11. The molecule has 21 heavy (non-hydrogen) atoms. The Balaban J connectivity index is 1.88. The third-order valence-corrected chi connectivity index (χ3v) is 6.52. The van der Waals surface area contributed by atoms with Gasteiger partial charge < -0.3 is 4.90 Å². The number of benzene rings is 1. The molecule has 4 rings (SSSR count). The third-order valence-electron chi connectivity index (χ3n) is 3.74. The lowest BCUT2D eigenvalue weighted by Gasteiger charge is -2.16. The minimum atomic E-state index is 0.520.